The van der Waals surface area contributed by atoms with Gasteiger partial charge in [0.25, 0.3) is 0 Å². The van der Waals surface area contributed by atoms with E-state index in [9.17, 15) is 0 Å². The van der Waals surface area contributed by atoms with Crippen molar-refractivity contribution >= 4 is 11.3 Å². The maximum Gasteiger partial charge on any atom is 0.152 e. The van der Waals surface area contributed by atoms with E-state index in [1.165, 1.54) is 4.88 Å². The molecule has 0 saturated carbocycles. The van der Waals surface area contributed by atoms with Crippen LogP contribution in [0.1, 0.15) is 16.2 Å². The standard InChI is InChI=1S/C15H17N3OS/c1-11-4-5-14(19-11)15-12(10-17-18-15)9-16-7-6-13-3-2-8-20-13/h2-5,8,10,16H,6-7,9H2,1H3,(H,17,18). The largest absolute Gasteiger partial charge is 0.460 e. The Bertz CT molecular complexity index is 654. The van der Waals surface area contributed by atoms with Crippen molar-refractivity contribution in [1.82, 2.24) is 15.5 Å². The van der Waals surface area contributed by atoms with Gasteiger partial charge in [-0.1, -0.05) is 6.07 Å². The third-order valence-corrected chi connectivity index (χ3v) is 4.08. The highest BCUT2D eigenvalue weighted by Gasteiger charge is 2.10. The van der Waals surface area contributed by atoms with Crippen molar-refractivity contribution in [1.29, 1.82) is 0 Å². The van der Waals surface area contributed by atoms with E-state index in [4.69, 9.17) is 4.42 Å². The predicted molar refractivity (Wildman–Crippen MR) is 80.8 cm³/mol. The fraction of sp³-hybridized carbons (Fsp3) is 0.267. The van der Waals surface area contributed by atoms with E-state index in [2.05, 4.69) is 33.0 Å². The summed E-state index contributed by atoms with van der Waals surface area (Å²) in [7, 11) is 0. The Labute approximate surface area is 121 Å². The highest BCUT2D eigenvalue weighted by molar-refractivity contribution is 7.09. The van der Waals surface area contributed by atoms with Crippen molar-refractivity contribution in [2.24, 2.45) is 0 Å². The molecule has 0 aliphatic rings. The van der Waals surface area contributed by atoms with E-state index < -0.39 is 0 Å². The summed E-state index contributed by atoms with van der Waals surface area (Å²) in [5, 5.41) is 12.7. The molecule has 0 spiro atoms. The first-order valence-corrected chi connectivity index (χ1v) is 7.53. The van der Waals surface area contributed by atoms with E-state index in [1.54, 1.807) is 11.3 Å². The minimum Gasteiger partial charge on any atom is -0.460 e. The summed E-state index contributed by atoms with van der Waals surface area (Å²) < 4.78 is 5.64. The van der Waals surface area contributed by atoms with Crippen LogP contribution in [0, 0.1) is 6.92 Å². The molecule has 20 heavy (non-hydrogen) atoms. The third-order valence-electron chi connectivity index (χ3n) is 3.15. The topological polar surface area (TPSA) is 53.9 Å². The monoisotopic (exact) mass is 287 g/mol. The van der Waals surface area contributed by atoms with Gasteiger partial charge in [-0.2, -0.15) is 5.10 Å². The highest BCUT2D eigenvalue weighted by Crippen LogP contribution is 2.23. The SMILES string of the molecule is Cc1ccc(-c2[nH]ncc2CNCCc2cccs2)o1. The quantitative estimate of drug-likeness (QED) is 0.683. The van der Waals surface area contributed by atoms with Crippen LogP contribution in [0.5, 0.6) is 0 Å². The summed E-state index contributed by atoms with van der Waals surface area (Å²) >= 11 is 1.80. The van der Waals surface area contributed by atoms with E-state index in [1.807, 2.05) is 25.3 Å². The maximum atomic E-state index is 5.64. The molecule has 0 bridgehead atoms. The van der Waals surface area contributed by atoms with Crippen LogP contribution in [-0.4, -0.2) is 16.7 Å². The van der Waals surface area contributed by atoms with Gasteiger partial charge in [-0.05, 0) is 36.9 Å². The molecule has 0 unspecified atom stereocenters. The molecular weight excluding hydrogens is 270 g/mol. The van der Waals surface area contributed by atoms with Crippen molar-refractivity contribution in [2.45, 2.75) is 19.9 Å². The van der Waals surface area contributed by atoms with Gasteiger partial charge >= 0.3 is 0 Å². The van der Waals surface area contributed by atoms with Crippen LogP contribution in [0.2, 0.25) is 0 Å². The van der Waals surface area contributed by atoms with Gasteiger partial charge in [-0.25, -0.2) is 0 Å². The number of rotatable bonds is 6. The van der Waals surface area contributed by atoms with Crippen molar-refractivity contribution < 1.29 is 4.42 Å². The molecule has 0 radical (unpaired) electrons. The number of furan rings is 1. The first-order chi connectivity index (χ1) is 9.83. The minimum atomic E-state index is 0.789. The number of thiophene rings is 1. The zero-order valence-corrected chi connectivity index (χ0v) is 12.2. The first-order valence-electron chi connectivity index (χ1n) is 6.65. The van der Waals surface area contributed by atoms with Gasteiger partial charge < -0.3 is 9.73 Å². The van der Waals surface area contributed by atoms with Crippen LogP contribution in [0.15, 0.2) is 40.3 Å². The lowest BCUT2D eigenvalue weighted by Crippen LogP contribution is -2.16. The first kappa shape index (κ1) is 13.1. The van der Waals surface area contributed by atoms with Crippen LogP contribution in [-0.2, 0) is 13.0 Å². The maximum absolute atomic E-state index is 5.64. The van der Waals surface area contributed by atoms with Crippen LogP contribution in [0.3, 0.4) is 0 Å². The van der Waals surface area contributed by atoms with Crippen molar-refractivity contribution in [3.8, 4) is 11.5 Å². The van der Waals surface area contributed by atoms with E-state index in [0.29, 0.717) is 0 Å². The Kier molecular flexibility index (Phi) is 3.99. The van der Waals surface area contributed by atoms with E-state index >= 15 is 0 Å². The summed E-state index contributed by atoms with van der Waals surface area (Å²) in [6.45, 7) is 3.69. The molecule has 2 N–H and O–H groups in total. The summed E-state index contributed by atoms with van der Waals surface area (Å²) in [6.07, 6.45) is 2.91. The molecule has 0 aliphatic heterocycles. The molecule has 0 atom stereocenters. The lowest BCUT2D eigenvalue weighted by atomic mass is 10.2. The molecule has 0 fully saturated rings. The fourth-order valence-corrected chi connectivity index (χ4v) is 2.83. The van der Waals surface area contributed by atoms with Gasteiger partial charge in [0, 0.05) is 23.5 Å². The molecule has 0 aromatic carbocycles. The molecule has 3 heterocycles. The fourth-order valence-electron chi connectivity index (χ4n) is 2.12. The van der Waals surface area contributed by atoms with Gasteiger partial charge in [-0.3, -0.25) is 5.10 Å². The van der Waals surface area contributed by atoms with Crippen LogP contribution < -0.4 is 5.32 Å². The molecule has 3 rings (SSSR count). The number of nitrogens with one attached hydrogen (secondary N) is 2. The Balaban J connectivity index is 1.57. The van der Waals surface area contributed by atoms with Crippen LogP contribution >= 0.6 is 11.3 Å². The second-order valence-electron chi connectivity index (χ2n) is 4.69. The lowest BCUT2D eigenvalue weighted by Gasteiger charge is -2.03. The van der Waals surface area contributed by atoms with Crippen molar-refractivity contribution in [3.63, 3.8) is 0 Å². The Morgan fingerprint density at radius 2 is 2.30 bits per heavy atom. The van der Waals surface area contributed by atoms with Crippen LogP contribution in [0.4, 0.5) is 0 Å². The Morgan fingerprint density at radius 3 is 3.05 bits per heavy atom. The normalized spacial score (nSPS) is 11.1. The zero-order valence-electron chi connectivity index (χ0n) is 11.3. The number of hydrogen-bond acceptors (Lipinski definition) is 4. The molecule has 0 amide bonds. The van der Waals surface area contributed by atoms with Gasteiger partial charge in [0.1, 0.15) is 11.5 Å². The number of nitrogens with zero attached hydrogens (tertiary/aromatic N) is 1. The summed E-state index contributed by atoms with van der Waals surface area (Å²) in [4.78, 5) is 1.41. The molecule has 3 aromatic heterocycles. The highest BCUT2D eigenvalue weighted by atomic mass is 32.1. The third kappa shape index (κ3) is 3.00. The van der Waals surface area contributed by atoms with Crippen LogP contribution in [0.25, 0.3) is 11.5 Å². The molecule has 0 saturated heterocycles. The van der Waals surface area contributed by atoms with Gasteiger partial charge in [0.05, 0.1) is 6.20 Å². The summed E-state index contributed by atoms with van der Waals surface area (Å²) in [5.41, 5.74) is 2.09. The average molecular weight is 287 g/mol. The summed E-state index contributed by atoms with van der Waals surface area (Å²) in [6, 6.07) is 8.19. The van der Waals surface area contributed by atoms with Gasteiger partial charge in [0.2, 0.25) is 0 Å². The van der Waals surface area contributed by atoms with E-state index in [0.717, 1.165) is 42.3 Å². The smallest absolute Gasteiger partial charge is 0.152 e. The minimum absolute atomic E-state index is 0.789. The van der Waals surface area contributed by atoms with E-state index in [-0.39, 0.29) is 0 Å². The molecule has 4 nitrogen and oxygen atoms in total. The lowest BCUT2D eigenvalue weighted by molar-refractivity contribution is 0.545. The number of H-pyrrole nitrogens is 1. The number of aromatic amines is 1. The predicted octanol–water partition coefficient (Wildman–Crippen LogP) is 3.37. The number of aromatic nitrogens is 2. The molecule has 5 heteroatoms. The molecular formula is C15H17N3OS. The average Bonchev–Trinajstić information content (AvgIpc) is 3.16. The molecule has 3 aromatic rings. The van der Waals surface area contributed by atoms with Crippen molar-refractivity contribution in [3.05, 3.63) is 52.0 Å². The molecule has 0 aliphatic carbocycles. The second kappa shape index (κ2) is 6.07. The second-order valence-corrected chi connectivity index (χ2v) is 5.72. The Hall–Kier alpha value is -1.85. The van der Waals surface area contributed by atoms with Gasteiger partial charge in [0.15, 0.2) is 5.76 Å². The van der Waals surface area contributed by atoms with Gasteiger partial charge in [-0.15, -0.1) is 11.3 Å². The molecule has 104 valence electrons. The zero-order chi connectivity index (χ0) is 13.8. The Morgan fingerprint density at radius 1 is 1.35 bits per heavy atom. The number of hydrogen-bond donors (Lipinski definition) is 2. The van der Waals surface area contributed by atoms with Crippen molar-refractivity contribution in [2.75, 3.05) is 6.54 Å². The number of aryl methyl sites for hydroxylation is 1. The summed E-state index contributed by atoms with van der Waals surface area (Å²) in [5.74, 6) is 1.75.